The summed E-state index contributed by atoms with van der Waals surface area (Å²) in [5, 5.41) is 0. The van der Waals surface area contributed by atoms with Crippen molar-refractivity contribution >= 4 is 78.1 Å². The average molecular weight is 1210 g/mol. The van der Waals surface area contributed by atoms with Crippen LogP contribution >= 0.6 is 0 Å². The first-order valence-electron chi connectivity index (χ1n) is 27.5. The fourth-order valence-corrected chi connectivity index (χ4v) is 15.3. The number of ether oxygens (including phenoxy) is 1. The van der Waals surface area contributed by atoms with E-state index in [1.807, 2.05) is 12.1 Å². The molecule has 19 rings (SSSR count). The summed E-state index contributed by atoms with van der Waals surface area (Å²) >= 11 is -1.31. The Morgan fingerprint density at radius 1 is 0.338 bits per heavy atom. The molecule has 10 aromatic carbocycles. The summed E-state index contributed by atoms with van der Waals surface area (Å²) in [5.41, 5.74) is 24.3. The number of fused-ring (bicyclic) bond motifs is 14. The normalized spacial score (nSPS) is 14.5. The zero-order chi connectivity index (χ0) is 54.0. The molecule has 0 atom stereocenters. The van der Waals surface area contributed by atoms with Gasteiger partial charge in [0.25, 0.3) is 0 Å². The van der Waals surface area contributed by atoms with E-state index in [0.29, 0.717) is 11.5 Å². The molecule has 0 spiro atoms. The van der Waals surface area contributed by atoms with Crippen molar-refractivity contribution < 1.29 is 22.4 Å². The third-order valence-corrected chi connectivity index (χ3v) is 19.0. The molecular formula is C74H56N4OPt-2. The van der Waals surface area contributed by atoms with Gasteiger partial charge in [-0.25, -0.2) is 0 Å². The summed E-state index contributed by atoms with van der Waals surface area (Å²) < 4.78 is 9.17. The van der Waals surface area contributed by atoms with Crippen LogP contribution in [0.2, 0.25) is 0 Å². The van der Waals surface area contributed by atoms with Crippen LogP contribution in [0.1, 0.15) is 74.9 Å². The molecule has 9 aliphatic heterocycles. The van der Waals surface area contributed by atoms with E-state index in [1.54, 1.807) is 0 Å². The van der Waals surface area contributed by atoms with Crippen LogP contribution in [0.5, 0.6) is 11.5 Å². The SMILES string of the molecule is CC(C)(C)c1cc2c3c(c1)-c1ccc(cc1)C=Cc1ccc(cc1)-c1cc(C(C)(C)C)cc(c1N1[C]4=[Pt]=[C]5N(c6[c-]c(ccc6)Oc6[c-]c(ccc6)N4c4ccccc41)c1ccccc1N53)-c1ccc(cc1)C=Cc1ccc-2cc1. The van der Waals surface area contributed by atoms with Crippen LogP contribution in [0.15, 0.2) is 206 Å². The van der Waals surface area contributed by atoms with Gasteiger partial charge in [-0.3, -0.25) is 0 Å². The van der Waals surface area contributed by atoms with E-state index >= 15 is 0 Å². The first-order valence-corrected chi connectivity index (χ1v) is 29.7. The molecule has 0 radical (unpaired) electrons. The van der Waals surface area contributed by atoms with Crippen molar-refractivity contribution in [2.45, 2.75) is 52.4 Å². The molecule has 0 saturated carbocycles. The standard InChI is InChI=1S/C74H56N4O.Pt/c1-73(2,3)57-41-63-53-33-25-49(26-34-53)21-23-51-29-37-55(38-30-51)65-43-58(74(4,5)6)44-66-56-39-31-52(32-40-56)24-22-50-27-35-54(36-28-50)64(42-57)71(63)77-47-75(67-17-7-9-19-69(67)77)59-13-11-15-61(45-59)79-62-16-12-14-60(46-62)76-48-78(72(65)66)70-20-10-8-18-68(70)76;/h7-44H,1-6H3;/q-2;. The summed E-state index contributed by atoms with van der Waals surface area (Å²) in [6, 6.07) is 84.8. The van der Waals surface area contributed by atoms with Crippen LogP contribution in [-0.4, -0.2) is 8.29 Å². The molecule has 9 heterocycles. The van der Waals surface area contributed by atoms with E-state index in [4.69, 9.17) is 4.74 Å². The van der Waals surface area contributed by atoms with Crippen molar-refractivity contribution in [1.29, 1.82) is 0 Å². The van der Waals surface area contributed by atoms with Crippen LogP contribution in [-0.2, 0) is 28.5 Å². The molecule has 0 fully saturated rings. The average Bonchev–Trinajstić information content (AvgIpc) is 3.54. The van der Waals surface area contributed by atoms with Gasteiger partial charge in [-0.1, -0.05) is 0 Å². The Morgan fingerprint density at radius 2 is 0.637 bits per heavy atom. The minimum atomic E-state index is -1.31. The Labute approximate surface area is 477 Å². The van der Waals surface area contributed by atoms with E-state index in [2.05, 4.69) is 292 Å². The Bertz CT molecular complexity index is 3900. The second kappa shape index (κ2) is 18.3. The second-order valence-corrected chi connectivity index (χ2v) is 25.9. The number of rotatable bonds is 0. The summed E-state index contributed by atoms with van der Waals surface area (Å²) in [6.07, 6.45) is 8.97. The quantitative estimate of drug-likeness (QED) is 0.141. The Hall–Kier alpha value is -8.89. The molecule has 0 N–H and O–H groups in total. The zero-order valence-electron chi connectivity index (χ0n) is 45.5. The third-order valence-electron chi connectivity index (χ3n) is 16.0. The number of hydrogen-bond donors (Lipinski definition) is 0. The van der Waals surface area contributed by atoms with Gasteiger partial charge >= 0.3 is 480 Å². The molecule has 390 valence electrons. The second-order valence-electron chi connectivity index (χ2n) is 23.3. The van der Waals surface area contributed by atoms with Crippen molar-refractivity contribution in [3.8, 4) is 56.0 Å². The van der Waals surface area contributed by atoms with Crippen LogP contribution in [0, 0.1) is 12.1 Å². The van der Waals surface area contributed by atoms with Gasteiger partial charge in [-0.15, -0.1) is 0 Å². The zero-order valence-corrected chi connectivity index (χ0v) is 47.7. The van der Waals surface area contributed by atoms with E-state index < -0.39 is 17.6 Å². The van der Waals surface area contributed by atoms with Crippen molar-refractivity contribution in [3.05, 3.63) is 252 Å². The number of benzene rings is 10. The fraction of sp³-hybridized carbons (Fsp3) is 0.108. The Balaban J connectivity index is 1.20. The topological polar surface area (TPSA) is 22.2 Å². The molecule has 0 aromatic heterocycles. The number of anilines is 8. The Kier molecular flexibility index (Phi) is 11.1. The van der Waals surface area contributed by atoms with Crippen molar-refractivity contribution in [3.63, 3.8) is 0 Å². The van der Waals surface area contributed by atoms with E-state index in [9.17, 15) is 0 Å². The van der Waals surface area contributed by atoms with Crippen LogP contribution in [0.4, 0.5) is 45.5 Å². The van der Waals surface area contributed by atoms with Crippen LogP contribution in [0.25, 0.3) is 68.8 Å². The predicted molar refractivity (Wildman–Crippen MR) is 332 cm³/mol. The van der Waals surface area contributed by atoms with Crippen molar-refractivity contribution in [2.24, 2.45) is 0 Å². The van der Waals surface area contributed by atoms with Gasteiger partial charge in [0, 0.05) is 0 Å². The molecule has 9 aliphatic rings. The van der Waals surface area contributed by atoms with Gasteiger partial charge in [0.15, 0.2) is 0 Å². The summed E-state index contributed by atoms with van der Waals surface area (Å²) in [7, 11) is 0. The maximum absolute atomic E-state index is 6.86. The molecule has 0 amide bonds. The predicted octanol–water partition coefficient (Wildman–Crippen LogP) is 19.2. The van der Waals surface area contributed by atoms with E-state index in [1.165, 1.54) is 11.1 Å². The molecule has 5 nitrogen and oxygen atoms in total. The third kappa shape index (κ3) is 8.09. The van der Waals surface area contributed by atoms with Gasteiger partial charge in [0.2, 0.25) is 0 Å². The monoisotopic (exact) mass is 1210 g/mol. The Morgan fingerprint density at radius 3 is 0.938 bits per heavy atom. The summed E-state index contributed by atoms with van der Waals surface area (Å²) in [6.45, 7) is 14.0. The van der Waals surface area contributed by atoms with Gasteiger partial charge < -0.3 is 0 Å². The number of hydrogen-bond acceptors (Lipinski definition) is 5. The minimum absolute atomic E-state index is 0.177. The first kappa shape index (κ1) is 48.3. The molecule has 10 aromatic rings. The van der Waals surface area contributed by atoms with Gasteiger partial charge in [-0.05, 0) is 0 Å². The van der Waals surface area contributed by atoms with E-state index in [0.717, 1.165) is 121 Å². The van der Waals surface area contributed by atoms with Crippen molar-refractivity contribution in [1.82, 2.24) is 0 Å². The van der Waals surface area contributed by atoms with Gasteiger partial charge in [-0.2, -0.15) is 0 Å². The van der Waals surface area contributed by atoms with Crippen molar-refractivity contribution in [2.75, 3.05) is 19.6 Å². The van der Waals surface area contributed by atoms with E-state index in [-0.39, 0.29) is 10.8 Å². The summed E-state index contributed by atoms with van der Waals surface area (Å²) in [4.78, 5) is 10.2. The number of nitrogens with zero attached hydrogens (tertiary/aromatic N) is 4. The van der Waals surface area contributed by atoms with Crippen LogP contribution in [0.3, 0.4) is 0 Å². The molecule has 80 heavy (non-hydrogen) atoms. The van der Waals surface area contributed by atoms with Gasteiger partial charge in [0.05, 0.1) is 0 Å². The number of para-hydroxylation sites is 4. The molecule has 16 bridgehead atoms. The molecule has 0 aliphatic carbocycles. The fourth-order valence-electron chi connectivity index (χ4n) is 11.7. The molecule has 0 saturated heterocycles. The van der Waals surface area contributed by atoms with Gasteiger partial charge in [0.1, 0.15) is 0 Å². The molecule has 6 heteroatoms. The maximum atomic E-state index is 6.86. The molecular weight excluding hydrogens is 1160 g/mol. The van der Waals surface area contributed by atoms with Crippen LogP contribution < -0.4 is 24.3 Å². The first-order chi connectivity index (χ1) is 38.9. The summed E-state index contributed by atoms with van der Waals surface area (Å²) in [5.74, 6) is 1.24. The molecule has 0 unspecified atom stereocenters.